The third-order valence-corrected chi connectivity index (χ3v) is 5.48. The molecule has 0 heterocycles. The Bertz CT molecular complexity index is 1430. The number of hydrogen-bond donors (Lipinski definition) is 1. The molecule has 0 saturated heterocycles. The largest absolute Gasteiger partial charge is 0.497 e. The van der Waals surface area contributed by atoms with E-state index in [4.69, 9.17) is 9.47 Å². The summed E-state index contributed by atoms with van der Waals surface area (Å²) in [6.07, 6.45) is 0. The zero-order valence-corrected chi connectivity index (χ0v) is 20.7. The summed E-state index contributed by atoms with van der Waals surface area (Å²) in [5.41, 5.74) is 0.964. The Balaban J connectivity index is 1.67. The molecular formula is C29H28N2O5. The Morgan fingerprint density at radius 3 is 2.19 bits per heavy atom. The average Bonchev–Trinajstić information content (AvgIpc) is 2.89. The first-order valence-corrected chi connectivity index (χ1v) is 11.6. The van der Waals surface area contributed by atoms with Gasteiger partial charge in [-0.05, 0) is 63.2 Å². The van der Waals surface area contributed by atoms with Crippen molar-refractivity contribution in [1.29, 1.82) is 0 Å². The Morgan fingerprint density at radius 1 is 0.861 bits per heavy atom. The van der Waals surface area contributed by atoms with Crippen molar-refractivity contribution in [2.24, 2.45) is 0 Å². The molecule has 4 aromatic carbocycles. The van der Waals surface area contributed by atoms with Crippen molar-refractivity contribution in [2.75, 3.05) is 23.9 Å². The number of ketones is 1. The Hall–Kier alpha value is -4.39. The maximum Gasteiger partial charge on any atom is 0.272 e. The van der Waals surface area contributed by atoms with Crippen LogP contribution < -0.4 is 30.5 Å². The van der Waals surface area contributed by atoms with E-state index >= 15 is 0 Å². The highest BCUT2D eigenvalue weighted by atomic mass is 16.5. The minimum atomic E-state index is -0.642. The first-order valence-electron chi connectivity index (χ1n) is 11.6. The molecule has 36 heavy (non-hydrogen) atoms. The number of ether oxygens (including phenoxy) is 2. The maximum atomic E-state index is 13.1. The number of methoxy groups -OCH3 is 1. The quantitative estimate of drug-likeness (QED) is 0.257. The molecule has 0 aliphatic carbocycles. The number of benzene rings is 3. The second kappa shape index (κ2) is 10.1. The molecule has 0 spiro atoms. The van der Waals surface area contributed by atoms with Crippen LogP contribution in [0.4, 0.5) is 22.7 Å². The van der Waals surface area contributed by atoms with Crippen LogP contribution in [0.3, 0.4) is 0 Å². The van der Waals surface area contributed by atoms with Gasteiger partial charge in [-0.2, -0.15) is 0 Å². The van der Waals surface area contributed by atoms with Crippen LogP contribution in [0.1, 0.15) is 31.1 Å². The van der Waals surface area contributed by atoms with Gasteiger partial charge in [0.05, 0.1) is 13.7 Å². The third kappa shape index (κ3) is 5.46. The fourth-order valence-electron chi connectivity index (χ4n) is 3.74. The van der Waals surface area contributed by atoms with Crippen LogP contribution in [-0.4, -0.2) is 25.0 Å². The molecule has 7 nitrogen and oxygen atoms in total. The zero-order valence-electron chi connectivity index (χ0n) is 20.7. The number of anilines is 4. The highest BCUT2D eigenvalue weighted by molar-refractivity contribution is 6.00. The Morgan fingerprint density at radius 2 is 1.56 bits per heavy atom. The smallest absolute Gasteiger partial charge is 0.272 e. The van der Waals surface area contributed by atoms with E-state index in [0.717, 1.165) is 11.4 Å². The highest BCUT2D eigenvalue weighted by Gasteiger charge is 2.27. The summed E-state index contributed by atoms with van der Waals surface area (Å²) in [6.45, 7) is 5.53. The lowest BCUT2D eigenvalue weighted by atomic mass is 10.1. The van der Waals surface area contributed by atoms with E-state index in [2.05, 4.69) is 5.32 Å². The fraction of sp³-hybridized carbons (Fsp3) is 0.207. The first kappa shape index (κ1) is 24.7. The van der Waals surface area contributed by atoms with E-state index in [1.54, 1.807) is 25.3 Å². The van der Waals surface area contributed by atoms with E-state index < -0.39 is 16.5 Å². The van der Waals surface area contributed by atoms with Crippen molar-refractivity contribution in [2.45, 2.75) is 26.4 Å². The summed E-state index contributed by atoms with van der Waals surface area (Å²) >= 11 is 0. The minimum Gasteiger partial charge on any atom is -0.497 e. The second-order valence-corrected chi connectivity index (χ2v) is 9.33. The minimum absolute atomic E-state index is 0.0316. The van der Waals surface area contributed by atoms with Gasteiger partial charge in [-0.25, -0.2) is 0 Å². The van der Waals surface area contributed by atoms with Crippen LogP contribution in [0.2, 0.25) is 0 Å². The van der Waals surface area contributed by atoms with Gasteiger partial charge in [0.1, 0.15) is 17.0 Å². The number of nitrogens with one attached hydrogen (secondary N) is 1. The molecule has 4 aromatic rings. The average molecular weight is 485 g/mol. The molecule has 0 aromatic heterocycles. The van der Waals surface area contributed by atoms with E-state index in [1.807, 2.05) is 86.3 Å². The zero-order chi connectivity index (χ0) is 25.9. The molecule has 0 bridgehead atoms. The van der Waals surface area contributed by atoms with Gasteiger partial charge < -0.3 is 19.7 Å². The summed E-state index contributed by atoms with van der Waals surface area (Å²) in [6, 6.07) is 23.8. The molecular weight excluding hydrogens is 456 g/mol. The van der Waals surface area contributed by atoms with Gasteiger partial charge in [0, 0.05) is 22.6 Å². The first-order chi connectivity index (χ1) is 17.2. The van der Waals surface area contributed by atoms with Crippen molar-refractivity contribution in [3.8, 4) is 11.5 Å². The predicted molar refractivity (Wildman–Crippen MR) is 142 cm³/mol. The monoisotopic (exact) mass is 484 g/mol. The van der Waals surface area contributed by atoms with Crippen LogP contribution in [-0.2, 0) is 0 Å². The van der Waals surface area contributed by atoms with Crippen LogP contribution in [0.25, 0.3) is 0 Å². The van der Waals surface area contributed by atoms with Crippen LogP contribution in [0.15, 0.2) is 88.5 Å². The van der Waals surface area contributed by atoms with Crippen LogP contribution in [0, 0.1) is 0 Å². The van der Waals surface area contributed by atoms with E-state index in [1.165, 1.54) is 0 Å². The highest BCUT2D eigenvalue weighted by Crippen LogP contribution is 2.32. The van der Waals surface area contributed by atoms with E-state index in [0.29, 0.717) is 17.0 Å². The molecule has 0 atom stereocenters. The number of carbonyl (C=O) groups is 1. The molecule has 1 N–H and O–H groups in total. The van der Waals surface area contributed by atoms with E-state index in [9.17, 15) is 14.4 Å². The van der Waals surface area contributed by atoms with Crippen molar-refractivity contribution in [3.63, 3.8) is 0 Å². The van der Waals surface area contributed by atoms with Gasteiger partial charge in [-0.3, -0.25) is 14.4 Å². The Kier molecular flexibility index (Phi) is 6.92. The summed E-state index contributed by atoms with van der Waals surface area (Å²) in [5.74, 6) is 0.687. The summed E-state index contributed by atoms with van der Waals surface area (Å²) in [4.78, 5) is 39.3. The van der Waals surface area contributed by atoms with Crippen molar-refractivity contribution < 1.29 is 14.3 Å². The molecule has 0 saturated carbocycles. The number of carbonyl (C=O) groups excluding carboxylic acids is 1. The third-order valence-electron chi connectivity index (χ3n) is 5.48. The molecule has 0 amide bonds. The maximum absolute atomic E-state index is 13.1. The molecule has 0 radical (unpaired) electrons. The molecule has 0 unspecified atom stereocenters. The standard InChI is InChI=1S/C29H28N2O5/c1-29(2,3)36-28-25(26(33)27(28)34)30-20-11-8-12-22(17-20)31(21-13-15-23(35-4)16-14-21)18-24(32)19-9-6-5-7-10-19/h5-17,30H,18H2,1-4H3. The number of nitrogens with zero attached hydrogens (tertiary/aromatic N) is 1. The van der Waals surface area contributed by atoms with Crippen molar-refractivity contribution in [1.82, 2.24) is 0 Å². The van der Waals surface area contributed by atoms with Gasteiger partial charge in [0.15, 0.2) is 11.5 Å². The molecule has 7 heteroatoms. The summed E-state index contributed by atoms with van der Waals surface area (Å²) in [7, 11) is 1.60. The molecule has 0 aliphatic rings. The van der Waals surface area contributed by atoms with Crippen LogP contribution in [0.5, 0.6) is 11.5 Å². The summed E-state index contributed by atoms with van der Waals surface area (Å²) < 4.78 is 11.0. The number of Topliss-reactive ketones (excluding diaryl/α,β-unsaturated/α-hetero) is 1. The van der Waals surface area contributed by atoms with E-state index in [-0.39, 0.29) is 23.8 Å². The number of rotatable bonds is 9. The topological polar surface area (TPSA) is 84.9 Å². The van der Waals surface area contributed by atoms with Gasteiger partial charge in [0.2, 0.25) is 0 Å². The van der Waals surface area contributed by atoms with Crippen molar-refractivity contribution >= 4 is 28.5 Å². The molecule has 0 aliphatic heterocycles. The fourth-order valence-corrected chi connectivity index (χ4v) is 3.74. The number of hydrogen-bond acceptors (Lipinski definition) is 7. The van der Waals surface area contributed by atoms with Crippen molar-refractivity contribution in [3.05, 3.63) is 105 Å². The van der Waals surface area contributed by atoms with Gasteiger partial charge in [-0.1, -0.05) is 36.4 Å². The normalized spacial score (nSPS) is 11.2. The van der Waals surface area contributed by atoms with Gasteiger partial charge in [-0.15, -0.1) is 0 Å². The molecule has 184 valence electrons. The summed E-state index contributed by atoms with van der Waals surface area (Å²) in [5, 5.41) is 3.03. The lowest BCUT2D eigenvalue weighted by Gasteiger charge is -2.26. The van der Waals surface area contributed by atoms with Crippen LogP contribution >= 0.6 is 0 Å². The molecule has 4 rings (SSSR count). The van der Waals surface area contributed by atoms with Gasteiger partial charge >= 0.3 is 0 Å². The second-order valence-electron chi connectivity index (χ2n) is 9.33. The lowest BCUT2D eigenvalue weighted by molar-refractivity contribution is 0.100. The van der Waals surface area contributed by atoms with Gasteiger partial charge in [0.25, 0.3) is 10.9 Å². The predicted octanol–water partition coefficient (Wildman–Crippen LogP) is 5.23. The molecule has 0 fully saturated rings. The SMILES string of the molecule is COc1ccc(N(CC(=O)c2ccccc2)c2cccc(Nc3c(OC(C)(C)C)c(=O)c3=O)c2)cc1. The Labute approximate surface area is 209 Å². The lowest BCUT2D eigenvalue weighted by Crippen LogP contribution is -2.39.